The van der Waals surface area contributed by atoms with Crippen molar-refractivity contribution in [1.29, 1.82) is 5.26 Å². The fourth-order valence-corrected chi connectivity index (χ4v) is 1.32. The van der Waals surface area contributed by atoms with Crippen LogP contribution in [0.4, 0.5) is 11.4 Å². The summed E-state index contributed by atoms with van der Waals surface area (Å²) < 4.78 is 1.72. The molecule has 0 saturated heterocycles. The number of aryl methyl sites for hydroxylation is 1. The molecule has 0 aliphatic rings. The second kappa shape index (κ2) is 3.84. The van der Waals surface area contributed by atoms with Crippen LogP contribution in [0.1, 0.15) is 5.56 Å². The van der Waals surface area contributed by atoms with E-state index in [1.54, 1.807) is 23.0 Å². The summed E-state index contributed by atoms with van der Waals surface area (Å²) in [4.78, 5) is 0. The summed E-state index contributed by atoms with van der Waals surface area (Å²) in [6.07, 6.45) is 3.61. The Kier molecular flexibility index (Phi) is 2.38. The first-order valence-electron chi connectivity index (χ1n) is 4.54. The highest BCUT2D eigenvalue weighted by atomic mass is 15.3. The minimum absolute atomic E-state index is 0.642. The quantitative estimate of drug-likeness (QED) is 0.803. The Morgan fingerprint density at radius 2 is 2.27 bits per heavy atom. The molecule has 1 N–H and O–H groups in total. The number of rotatable bonds is 2. The zero-order chi connectivity index (χ0) is 10.7. The number of benzene rings is 1. The van der Waals surface area contributed by atoms with Crippen LogP contribution in [0.15, 0.2) is 36.7 Å². The van der Waals surface area contributed by atoms with E-state index in [0.29, 0.717) is 5.56 Å². The van der Waals surface area contributed by atoms with Crippen molar-refractivity contribution >= 4 is 11.4 Å². The number of anilines is 2. The Labute approximate surface area is 87.8 Å². The van der Waals surface area contributed by atoms with Crippen molar-refractivity contribution in [2.75, 3.05) is 5.32 Å². The molecule has 2 rings (SSSR count). The van der Waals surface area contributed by atoms with Gasteiger partial charge in [0.05, 0.1) is 23.5 Å². The lowest BCUT2D eigenvalue weighted by molar-refractivity contribution is 0.768. The molecular weight excluding hydrogens is 188 g/mol. The maximum atomic E-state index is 8.74. The van der Waals surface area contributed by atoms with Crippen LogP contribution in [-0.2, 0) is 7.05 Å². The fourth-order valence-electron chi connectivity index (χ4n) is 1.32. The molecule has 0 atom stereocenters. The third-order valence-electron chi connectivity index (χ3n) is 1.99. The molecular formula is C11H10N4. The predicted molar refractivity (Wildman–Crippen MR) is 57.6 cm³/mol. The molecule has 15 heavy (non-hydrogen) atoms. The minimum Gasteiger partial charge on any atom is -0.353 e. The van der Waals surface area contributed by atoms with Crippen LogP contribution in [0.25, 0.3) is 0 Å². The summed E-state index contributed by atoms with van der Waals surface area (Å²) in [5.41, 5.74) is 2.44. The smallest absolute Gasteiger partial charge is 0.0992 e. The molecule has 0 aliphatic heterocycles. The summed E-state index contributed by atoms with van der Waals surface area (Å²) in [7, 11) is 1.86. The van der Waals surface area contributed by atoms with Crippen molar-refractivity contribution < 1.29 is 0 Å². The fraction of sp³-hybridized carbons (Fsp3) is 0.0909. The van der Waals surface area contributed by atoms with E-state index in [2.05, 4.69) is 16.5 Å². The molecule has 0 saturated carbocycles. The Hall–Kier alpha value is -2.28. The van der Waals surface area contributed by atoms with Crippen LogP contribution in [0.5, 0.6) is 0 Å². The maximum Gasteiger partial charge on any atom is 0.0992 e. The van der Waals surface area contributed by atoms with Gasteiger partial charge in [-0.1, -0.05) is 6.07 Å². The summed E-state index contributed by atoms with van der Waals surface area (Å²) in [6.45, 7) is 0. The normalized spacial score (nSPS) is 9.60. The summed E-state index contributed by atoms with van der Waals surface area (Å²) >= 11 is 0. The number of nitriles is 1. The van der Waals surface area contributed by atoms with Crippen LogP contribution >= 0.6 is 0 Å². The Bertz CT molecular complexity index is 507. The molecule has 0 amide bonds. The summed E-state index contributed by atoms with van der Waals surface area (Å²) in [6, 6.07) is 9.42. The van der Waals surface area contributed by atoms with E-state index in [9.17, 15) is 0 Å². The SMILES string of the molecule is Cn1cc(Nc2cccc(C#N)c2)cn1. The van der Waals surface area contributed by atoms with Gasteiger partial charge in [0, 0.05) is 18.9 Å². The molecule has 2 aromatic rings. The van der Waals surface area contributed by atoms with Crippen molar-refractivity contribution in [2.45, 2.75) is 0 Å². The monoisotopic (exact) mass is 198 g/mol. The molecule has 0 bridgehead atoms. The Balaban J connectivity index is 2.21. The van der Waals surface area contributed by atoms with Crippen molar-refractivity contribution in [3.63, 3.8) is 0 Å². The molecule has 0 radical (unpaired) electrons. The van der Waals surface area contributed by atoms with Gasteiger partial charge in [0.1, 0.15) is 0 Å². The second-order valence-corrected chi connectivity index (χ2v) is 3.22. The minimum atomic E-state index is 0.642. The second-order valence-electron chi connectivity index (χ2n) is 3.22. The lowest BCUT2D eigenvalue weighted by Gasteiger charge is -2.02. The number of aromatic nitrogens is 2. The molecule has 74 valence electrons. The van der Waals surface area contributed by atoms with E-state index in [0.717, 1.165) is 11.4 Å². The van der Waals surface area contributed by atoms with Crippen LogP contribution < -0.4 is 5.32 Å². The van der Waals surface area contributed by atoms with Gasteiger partial charge in [-0.25, -0.2) is 0 Å². The van der Waals surface area contributed by atoms with E-state index in [1.165, 1.54) is 0 Å². The van der Waals surface area contributed by atoms with Gasteiger partial charge in [-0.05, 0) is 18.2 Å². The summed E-state index contributed by atoms with van der Waals surface area (Å²) in [5, 5.41) is 15.9. The van der Waals surface area contributed by atoms with Crippen LogP contribution in [0.2, 0.25) is 0 Å². The predicted octanol–water partition coefficient (Wildman–Crippen LogP) is 2.04. The van der Waals surface area contributed by atoms with Gasteiger partial charge in [-0.3, -0.25) is 4.68 Å². The first-order valence-corrected chi connectivity index (χ1v) is 4.54. The van der Waals surface area contributed by atoms with Gasteiger partial charge in [0.15, 0.2) is 0 Å². The first kappa shape index (κ1) is 9.28. The van der Waals surface area contributed by atoms with Crippen molar-refractivity contribution in [2.24, 2.45) is 7.05 Å². The molecule has 0 fully saturated rings. The Morgan fingerprint density at radius 3 is 2.93 bits per heavy atom. The van der Waals surface area contributed by atoms with Gasteiger partial charge >= 0.3 is 0 Å². The zero-order valence-electron chi connectivity index (χ0n) is 8.31. The van der Waals surface area contributed by atoms with Crippen LogP contribution in [-0.4, -0.2) is 9.78 Å². The van der Waals surface area contributed by atoms with E-state index in [4.69, 9.17) is 5.26 Å². The zero-order valence-corrected chi connectivity index (χ0v) is 8.31. The highest BCUT2D eigenvalue weighted by Gasteiger charge is 1.97. The molecule has 1 aromatic carbocycles. The molecule has 4 nitrogen and oxygen atoms in total. The highest BCUT2D eigenvalue weighted by molar-refractivity contribution is 5.59. The maximum absolute atomic E-state index is 8.74. The van der Waals surface area contributed by atoms with Gasteiger partial charge < -0.3 is 5.32 Å². The molecule has 4 heteroatoms. The van der Waals surface area contributed by atoms with E-state index >= 15 is 0 Å². The molecule has 0 unspecified atom stereocenters. The highest BCUT2D eigenvalue weighted by Crippen LogP contribution is 2.16. The average molecular weight is 198 g/mol. The van der Waals surface area contributed by atoms with Gasteiger partial charge in [-0.2, -0.15) is 10.4 Å². The Morgan fingerprint density at radius 1 is 1.40 bits per heavy atom. The van der Waals surface area contributed by atoms with E-state index in [1.807, 2.05) is 25.4 Å². The molecule has 1 heterocycles. The topological polar surface area (TPSA) is 53.6 Å². The summed E-state index contributed by atoms with van der Waals surface area (Å²) in [5.74, 6) is 0. The number of hydrogen-bond acceptors (Lipinski definition) is 3. The molecule has 1 aromatic heterocycles. The first-order chi connectivity index (χ1) is 7.28. The van der Waals surface area contributed by atoms with Crippen LogP contribution in [0.3, 0.4) is 0 Å². The lowest BCUT2D eigenvalue weighted by atomic mass is 10.2. The van der Waals surface area contributed by atoms with Gasteiger partial charge in [0.25, 0.3) is 0 Å². The standard InChI is InChI=1S/C11H10N4/c1-15-8-11(7-13-15)14-10-4-2-3-9(5-10)6-12/h2-5,7-8,14H,1H3. The van der Waals surface area contributed by atoms with Gasteiger partial charge in [-0.15, -0.1) is 0 Å². The van der Waals surface area contributed by atoms with E-state index < -0.39 is 0 Å². The third kappa shape index (κ3) is 2.15. The van der Waals surface area contributed by atoms with E-state index in [-0.39, 0.29) is 0 Å². The van der Waals surface area contributed by atoms with Crippen molar-refractivity contribution in [1.82, 2.24) is 9.78 Å². The number of hydrogen-bond donors (Lipinski definition) is 1. The molecule has 0 aliphatic carbocycles. The number of nitrogens with one attached hydrogen (secondary N) is 1. The van der Waals surface area contributed by atoms with Crippen molar-refractivity contribution in [3.05, 3.63) is 42.2 Å². The average Bonchev–Trinajstić information content (AvgIpc) is 2.64. The molecule has 0 spiro atoms. The van der Waals surface area contributed by atoms with Gasteiger partial charge in [0.2, 0.25) is 0 Å². The largest absolute Gasteiger partial charge is 0.353 e. The van der Waals surface area contributed by atoms with Crippen molar-refractivity contribution in [3.8, 4) is 6.07 Å². The third-order valence-corrected chi connectivity index (χ3v) is 1.99. The van der Waals surface area contributed by atoms with Crippen LogP contribution in [0, 0.1) is 11.3 Å². The lowest BCUT2D eigenvalue weighted by Crippen LogP contribution is -1.89. The number of nitrogens with zero attached hydrogens (tertiary/aromatic N) is 3.